The fraction of sp³-hybridized carbons (Fsp3) is 0.500. The fourth-order valence-electron chi connectivity index (χ4n) is 2.03. The minimum Gasteiger partial charge on any atom is -0.484 e. The van der Waals surface area contributed by atoms with Gasteiger partial charge in [0.1, 0.15) is 5.75 Å². The molecule has 1 aromatic rings. The van der Waals surface area contributed by atoms with Gasteiger partial charge in [0.2, 0.25) is 5.91 Å². The monoisotopic (exact) mass is 334 g/mol. The molecule has 6 heteroatoms. The Morgan fingerprint density at radius 2 is 1.71 bits per heavy atom. The second-order valence-corrected chi connectivity index (χ2v) is 6.58. The van der Waals surface area contributed by atoms with E-state index in [1.807, 2.05) is 27.7 Å². The smallest absolute Gasteiger partial charge is 0.260 e. The minimum atomic E-state index is -0.339. The molecule has 0 atom stereocenters. The maximum atomic E-state index is 12.2. The number of hydrogen-bond acceptors (Lipinski definition) is 4. The summed E-state index contributed by atoms with van der Waals surface area (Å²) in [5.74, 6) is 0.00362. The molecule has 0 saturated carbocycles. The lowest BCUT2D eigenvalue weighted by atomic mass is 10.1. The summed E-state index contributed by atoms with van der Waals surface area (Å²) in [6.07, 6.45) is 0. The first-order valence-corrected chi connectivity index (χ1v) is 7.95. The number of nitrogens with one attached hydrogen (secondary N) is 1. The van der Waals surface area contributed by atoms with Gasteiger partial charge in [0.05, 0.1) is 6.54 Å². The Balaban J connectivity index is 2.55. The van der Waals surface area contributed by atoms with E-state index < -0.39 is 0 Å². The molecule has 0 bridgehead atoms. The summed E-state index contributed by atoms with van der Waals surface area (Å²) in [7, 11) is 0. The number of carbonyl (C=O) groups is 3. The van der Waals surface area contributed by atoms with E-state index in [9.17, 15) is 14.4 Å². The van der Waals surface area contributed by atoms with Crippen molar-refractivity contribution in [3.05, 3.63) is 29.8 Å². The van der Waals surface area contributed by atoms with Gasteiger partial charge >= 0.3 is 0 Å². The van der Waals surface area contributed by atoms with Crippen LogP contribution in [0.25, 0.3) is 0 Å². The highest BCUT2D eigenvalue weighted by Gasteiger charge is 2.19. The lowest BCUT2D eigenvalue weighted by molar-refractivity contribution is -0.137. The molecular formula is C18H26N2O4. The molecule has 0 spiro atoms. The number of benzene rings is 1. The van der Waals surface area contributed by atoms with Gasteiger partial charge in [0, 0.05) is 17.6 Å². The van der Waals surface area contributed by atoms with Crippen LogP contribution in [0.5, 0.6) is 5.75 Å². The summed E-state index contributed by atoms with van der Waals surface area (Å²) in [6.45, 7) is 9.22. The topological polar surface area (TPSA) is 75.7 Å². The highest BCUT2D eigenvalue weighted by atomic mass is 16.5. The number of Topliss-reactive ketones (excluding diaryl/α,β-unsaturated/α-hetero) is 1. The standard InChI is InChI=1S/C18H26N2O4/c1-6-20(11-16(22)19-18(3,4)5)17(23)12-24-15-9-7-14(8-10-15)13(2)21/h7-10H,6,11-12H2,1-5H3,(H,19,22). The van der Waals surface area contributed by atoms with Crippen LogP contribution in [0.4, 0.5) is 0 Å². The zero-order valence-electron chi connectivity index (χ0n) is 15.0. The molecule has 1 rings (SSSR count). The lowest BCUT2D eigenvalue weighted by Gasteiger charge is -2.25. The zero-order valence-corrected chi connectivity index (χ0v) is 15.0. The number of carbonyl (C=O) groups excluding carboxylic acids is 3. The summed E-state index contributed by atoms with van der Waals surface area (Å²) < 4.78 is 5.43. The van der Waals surface area contributed by atoms with Crippen molar-refractivity contribution >= 4 is 17.6 Å². The second kappa shape index (κ2) is 8.47. The second-order valence-electron chi connectivity index (χ2n) is 6.58. The molecule has 1 aromatic carbocycles. The molecular weight excluding hydrogens is 308 g/mol. The van der Waals surface area contributed by atoms with Gasteiger partial charge in [0.15, 0.2) is 12.4 Å². The van der Waals surface area contributed by atoms with Crippen LogP contribution in [0.15, 0.2) is 24.3 Å². The van der Waals surface area contributed by atoms with Crippen LogP contribution in [0.1, 0.15) is 45.0 Å². The Morgan fingerprint density at radius 3 is 2.17 bits per heavy atom. The number of likely N-dealkylation sites (N-methyl/N-ethyl adjacent to an activating group) is 1. The molecule has 0 aliphatic heterocycles. The molecule has 6 nitrogen and oxygen atoms in total. The van der Waals surface area contributed by atoms with Crippen molar-refractivity contribution in [2.24, 2.45) is 0 Å². The molecule has 0 radical (unpaired) electrons. The van der Waals surface area contributed by atoms with Crippen LogP contribution >= 0.6 is 0 Å². The van der Waals surface area contributed by atoms with Crippen LogP contribution in [0.2, 0.25) is 0 Å². The van der Waals surface area contributed by atoms with Crippen molar-refractivity contribution in [1.82, 2.24) is 10.2 Å². The van der Waals surface area contributed by atoms with Gasteiger partial charge in [-0.15, -0.1) is 0 Å². The number of ketones is 1. The first-order valence-electron chi connectivity index (χ1n) is 7.95. The number of amides is 2. The van der Waals surface area contributed by atoms with E-state index in [4.69, 9.17) is 4.74 Å². The molecule has 0 unspecified atom stereocenters. The van der Waals surface area contributed by atoms with Gasteiger partial charge < -0.3 is 15.0 Å². The largest absolute Gasteiger partial charge is 0.484 e. The highest BCUT2D eigenvalue weighted by molar-refractivity contribution is 5.94. The zero-order chi connectivity index (χ0) is 18.3. The van der Waals surface area contributed by atoms with Gasteiger partial charge in [-0.25, -0.2) is 0 Å². The molecule has 0 aromatic heterocycles. The Labute approximate surface area is 143 Å². The normalized spacial score (nSPS) is 10.9. The quantitative estimate of drug-likeness (QED) is 0.774. The summed E-state index contributed by atoms with van der Waals surface area (Å²) >= 11 is 0. The van der Waals surface area contributed by atoms with E-state index in [0.717, 1.165) is 0 Å². The van der Waals surface area contributed by atoms with Crippen molar-refractivity contribution in [2.75, 3.05) is 19.7 Å². The molecule has 1 N–H and O–H groups in total. The predicted octanol–water partition coefficient (Wildman–Crippen LogP) is 2.03. The predicted molar refractivity (Wildman–Crippen MR) is 92.1 cm³/mol. The van der Waals surface area contributed by atoms with Crippen molar-refractivity contribution in [1.29, 1.82) is 0 Å². The third-order valence-electron chi connectivity index (χ3n) is 3.21. The Bertz CT molecular complexity index is 588. The molecule has 0 fully saturated rings. The van der Waals surface area contributed by atoms with E-state index in [0.29, 0.717) is 17.9 Å². The Kier molecular flexibility index (Phi) is 6.95. The maximum Gasteiger partial charge on any atom is 0.260 e. The molecule has 24 heavy (non-hydrogen) atoms. The SMILES string of the molecule is CCN(CC(=O)NC(C)(C)C)C(=O)COc1ccc(C(C)=O)cc1. The number of rotatable bonds is 7. The highest BCUT2D eigenvalue weighted by Crippen LogP contribution is 2.12. The van der Waals surface area contributed by atoms with Crippen molar-refractivity contribution in [2.45, 2.75) is 40.2 Å². The average Bonchev–Trinajstić information content (AvgIpc) is 2.48. The Morgan fingerprint density at radius 1 is 1.12 bits per heavy atom. The van der Waals surface area contributed by atoms with Gasteiger partial charge in [-0.3, -0.25) is 14.4 Å². The summed E-state index contributed by atoms with van der Waals surface area (Å²) in [6, 6.07) is 6.59. The van der Waals surface area contributed by atoms with Crippen LogP contribution in [0.3, 0.4) is 0 Å². The number of hydrogen-bond donors (Lipinski definition) is 1. The van der Waals surface area contributed by atoms with E-state index in [2.05, 4.69) is 5.32 Å². The summed E-state index contributed by atoms with van der Waals surface area (Å²) in [4.78, 5) is 36.8. The van der Waals surface area contributed by atoms with E-state index in [1.165, 1.54) is 11.8 Å². The summed E-state index contributed by atoms with van der Waals surface area (Å²) in [5.41, 5.74) is 0.247. The first-order chi connectivity index (χ1) is 11.1. The molecule has 0 aliphatic rings. The third-order valence-corrected chi connectivity index (χ3v) is 3.21. The molecule has 0 saturated heterocycles. The molecule has 0 aliphatic carbocycles. The van der Waals surface area contributed by atoms with Crippen LogP contribution in [0, 0.1) is 0 Å². The van der Waals surface area contributed by atoms with Crippen molar-refractivity contribution < 1.29 is 19.1 Å². The number of nitrogens with zero attached hydrogens (tertiary/aromatic N) is 1. The van der Waals surface area contributed by atoms with Gasteiger partial charge in [-0.1, -0.05) is 0 Å². The van der Waals surface area contributed by atoms with E-state index in [-0.39, 0.29) is 36.3 Å². The summed E-state index contributed by atoms with van der Waals surface area (Å²) in [5, 5.41) is 2.82. The van der Waals surface area contributed by atoms with Crippen LogP contribution in [-0.4, -0.2) is 47.7 Å². The van der Waals surface area contributed by atoms with Gasteiger partial charge in [0.25, 0.3) is 5.91 Å². The number of ether oxygens (including phenoxy) is 1. The molecule has 2 amide bonds. The van der Waals surface area contributed by atoms with E-state index in [1.54, 1.807) is 24.3 Å². The molecule has 0 heterocycles. The van der Waals surface area contributed by atoms with Gasteiger partial charge in [-0.2, -0.15) is 0 Å². The lowest BCUT2D eigenvalue weighted by Crippen LogP contribution is -2.48. The fourth-order valence-corrected chi connectivity index (χ4v) is 2.03. The van der Waals surface area contributed by atoms with Crippen LogP contribution < -0.4 is 10.1 Å². The third kappa shape index (κ3) is 6.81. The van der Waals surface area contributed by atoms with Crippen molar-refractivity contribution in [3.63, 3.8) is 0 Å². The maximum absolute atomic E-state index is 12.2. The molecule has 132 valence electrons. The van der Waals surface area contributed by atoms with Crippen molar-refractivity contribution in [3.8, 4) is 5.75 Å². The average molecular weight is 334 g/mol. The van der Waals surface area contributed by atoms with Crippen LogP contribution in [-0.2, 0) is 9.59 Å². The van der Waals surface area contributed by atoms with E-state index >= 15 is 0 Å². The Hall–Kier alpha value is -2.37. The first kappa shape index (κ1) is 19.7. The van der Waals surface area contributed by atoms with Gasteiger partial charge in [-0.05, 0) is 58.9 Å². The minimum absolute atomic E-state index is 0.000756.